The summed E-state index contributed by atoms with van der Waals surface area (Å²) in [4.78, 5) is 19.7. The number of nitrogens with zero attached hydrogens (tertiary/aromatic N) is 1. The number of carbonyl (C=O) groups excluding carboxylic acids is 1. The maximum Gasteiger partial charge on any atom is 0.272 e. The van der Waals surface area contributed by atoms with E-state index in [1.54, 1.807) is 30.5 Å². The van der Waals surface area contributed by atoms with E-state index in [-0.39, 0.29) is 39.9 Å². The van der Waals surface area contributed by atoms with Crippen molar-refractivity contribution in [3.8, 4) is 17.2 Å². The quantitative estimate of drug-likeness (QED) is 0.567. The van der Waals surface area contributed by atoms with Gasteiger partial charge in [-0.25, -0.2) is 0 Å². The zero-order valence-electron chi connectivity index (χ0n) is 14.4. The Morgan fingerprint density at radius 2 is 1.69 bits per heavy atom. The number of fused-ring (bicyclic) bond motifs is 1. The monoisotopic (exact) mass is 487 g/mol. The van der Waals surface area contributed by atoms with Gasteiger partial charge in [0.2, 0.25) is 5.75 Å². The van der Waals surface area contributed by atoms with Gasteiger partial charge in [-0.2, -0.15) is 0 Å². The lowest BCUT2D eigenvalue weighted by Gasteiger charge is -2.14. The molecule has 1 amide bonds. The molecule has 0 saturated heterocycles. The summed E-state index contributed by atoms with van der Waals surface area (Å²) in [5, 5.41) is 2.81. The van der Waals surface area contributed by atoms with Crippen LogP contribution in [-0.4, -0.2) is 37.2 Å². The predicted octanol–water partition coefficient (Wildman–Crippen LogP) is 4.00. The minimum Gasteiger partial charge on any atom is -0.493 e. The molecule has 0 spiro atoms. The van der Waals surface area contributed by atoms with Crippen LogP contribution in [0.4, 0.5) is 5.69 Å². The van der Waals surface area contributed by atoms with Crippen molar-refractivity contribution >= 4 is 56.6 Å². The van der Waals surface area contributed by atoms with Crippen molar-refractivity contribution in [2.75, 3.05) is 26.6 Å². The van der Waals surface area contributed by atoms with Crippen molar-refractivity contribution in [2.45, 2.75) is 0 Å². The van der Waals surface area contributed by atoms with Gasteiger partial charge in [0, 0.05) is 24.0 Å². The fourth-order valence-corrected chi connectivity index (χ4v) is 2.43. The topological polar surface area (TPSA) is 85.5 Å². The van der Waals surface area contributed by atoms with Crippen molar-refractivity contribution in [3.63, 3.8) is 0 Å². The van der Waals surface area contributed by atoms with Crippen LogP contribution in [0.5, 0.6) is 17.2 Å². The van der Waals surface area contributed by atoms with Crippen LogP contribution in [0.2, 0.25) is 0 Å². The average molecular weight is 489 g/mol. The van der Waals surface area contributed by atoms with Gasteiger partial charge < -0.3 is 24.5 Å². The zero-order valence-corrected chi connectivity index (χ0v) is 17.8. The summed E-state index contributed by atoms with van der Waals surface area (Å²) in [6, 6.07) is 8.70. The maximum absolute atomic E-state index is 12.5. The molecule has 3 aromatic rings. The summed E-state index contributed by atoms with van der Waals surface area (Å²) in [5.41, 5.74) is 2.47. The van der Waals surface area contributed by atoms with Crippen LogP contribution in [0.25, 0.3) is 11.0 Å². The van der Waals surface area contributed by atoms with Gasteiger partial charge in [0.15, 0.2) is 11.5 Å². The largest absolute Gasteiger partial charge is 0.493 e. The SMILES string of the molecule is Br.Br.COc1cc(NC(=O)c2cc3ncccc3[nH]2)cc(OC)c1OC. The lowest BCUT2D eigenvalue weighted by molar-refractivity contribution is 0.102. The standard InChI is InChI=1S/C17H17N3O4.2BrH/c1-22-14-7-10(8-15(23-2)16(14)24-3)19-17(21)13-9-12-11(20-13)5-4-6-18-12;;/h4-9,20H,1-3H3,(H,19,21);2*1H. The van der Waals surface area contributed by atoms with Crippen molar-refractivity contribution in [1.82, 2.24) is 9.97 Å². The molecule has 0 aliphatic carbocycles. The highest BCUT2D eigenvalue weighted by Gasteiger charge is 2.16. The molecule has 0 radical (unpaired) electrons. The minimum absolute atomic E-state index is 0. The second kappa shape index (κ2) is 9.44. The fraction of sp³-hybridized carbons (Fsp3) is 0.176. The van der Waals surface area contributed by atoms with E-state index in [4.69, 9.17) is 14.2 Å². The fourth-order valence-electron chi connectivity index (χ4n) is 2.43. The summed E-state index contributed by atoms with van der Waals surface area (Å²) in [5.74, 6) is 1.10. The molecule has 26 heavy (non-hydrogen) atoms. The Morgan fingerprint density at radius 3 is 2.23 bits per heavy atom. The molecular formula is C17H19Br2N3O4. The van der Waals surface area contributed by atoms with E-state index in [1.807, 2.05) is 6.07 Å². The van der Waals surface area contributed by atoms with Crippen LogP contribution in [-0.2, 0) is 0 Å². The third-order valence-corrected chi connectivity index (χ3v) is 3.56. The summed E-state index contributed by atoms with van der Waals surface area (Å²) in [7, 11) is 4.56. The first-order chi connectivity index (χ1) is 11.7. The van der Waals surface area contributed by atoms with E-state index < -0.39 is 0 Å². The van der Waals surface area contributed by atoms with Gasteiger partial charge in [-0.05, 0) is 18.2 Å². The summed E-state index contributed by atoms with van der Waals surface area (Å²) >= 11 is 0. The van der Waals surface area contributed by atoms with Gasteiger partial charge in [0.25, 0.3) is 5.91 Å². The number of rotatable bonds is 5. The van der Waals surface area contributed by atoms with Gasteiger partial charge in [0.05, 0.1) is 32.4 Å². The van der Waals surface area contributed by atoms with Crippen molar-refractivity contribution in [3.05, 3.63) is 42.2 Å². The van der Waals surface area contributed by atoms with E-state index in [1.165, 1.54) is 21.3 Å². The highest BCUT2D eigenvalue weighted by Crippen LogP contribution is 2.40. The minimum atomic E-state index is -0.290. The molecule has 0 aliphatic heterocycles. The third kappa shape index (κ3) is 4.28. The second-order valence-corrected chi connectivity index (χ2v) is 4.99. The molecule has 3 rings (SSSR count). The number of methoxy groups -OCH3 is 3. The summed E-state index contributed by atoms with van der Waals surface area (Å²) in [6.07, 6.45) is 1.68. The number of aromatic nitrogens is 2. The smallest absolute Gasteiger partial charge is 0.272 e. The molecule has 2 N–H and O–H groups in total. The Morgan fingerprint density at radius 1 is 1.04 bits per heavy atom. The Bertz CT molecular complexity index is 841. The summed E-state index contributed by atoms with van der Waals surface area (Å²) in [6.45, 7) is 0. The molecule has 9 heteroatoms. The van der Waals surface area contributed by atoms with Crippen LogP contribution in [0.15, 0.2) is 36.5 Å². The van der Waals surface area contributed by atoms with Crippen LogP contribution < -0.4 is 19.5 Å². The second-order valence-electron chi connectivity index (χ2n) is 4.99. The Balaban J connectivity index is 0.00000169. The normalized spacial score (nSPS) is 9.65. The number of halogens is 2. The number of hydrogen-bond donors (Lipinski definition) is 2. The predicted molar refractivity (Wildman–Crippen MR) is 111 cm³/mol. The van der Waals surface area contributed by atoms with Crippen LogP contribution in [0.1, 0.15) is 10.5 Å². The number of hydrogen-bond acceptors (Lipinski definition) is 5. The first-order valence-corrected chi connectivity index (χ1v) is 7.21. The lowest BCUT2D eigenvalue weighted by Crippen LogP contribution is -2.12. The molecule has 2 heterocycles. The van der Waals surface area contributed by atoms with E-state index in [2.05, 4.69) is 15.3 Å². The van der Waals surface area contributed by atoms with E-state index in [0.29, 0.717) is 28.6 Å². The molecule has 0 fully saturated rings. The molecule has 1 aromatic carbocycles. The van der Waals surface area contributed by atoms with E-state index in [0.717, 1.165) is 11.0 Å². The first-order valence-electron chi connectivity index (χ1n) is 7.21. The number of ether oxygens (including phenoxy) is 3. The average Bonchev–Trinajstić information content (AvgIpc) is 3.05. The van der Waals surface area contributed by atoms with Crippen molar-refractivity contribution in [1.29, 1.82) is 0 Å². The molecule has 140 valence electrons. The molecule has 0 saturated carbocycles. The van der Waals surface area contributed by atoms with Gasteiger partial charge in [-0.3, -0.25) is 9.78 Å². The third-order valence-electron chi connectivity index (χ3n) is 3.56. The molecular weight excluding hydrogens is 470 g/mol. The number of anilines is 1. The van der Waals surface area contributed by atoms with E-state index >= 15 is 0 Å². The molecule has 0 atom stereocenters. The van der Waals surface area contributed by atoms with Crippen LogP contribution >= 0.6 is 34.0 Å². The number of pyridine rings is 1. The molecule has 0 unspecified atom stereocenters. The molecule has 7 nitrogen and oxygen atoms in total. The molecule has 2 aromatic heterocycles. The van der Waals surface area contributed by atoms with Crippen molar-refractivity contribution in [2.24, 2.45) is 0 Å². The van der Waals surface area contributed by atoms with Crippen LogP contribution in [0.3, 0.4) is 0 Å². The van der Waals surface area contributed by atoms with Crippen LogP contribution in [0, 0.1) is 0 Å². The van der Waals surface area contributed by atoms with Gasteiger partial charge >= 0.3 is 0 Å². The van der Waals surface area contributed by atoms with Gasteiger partial charge in [0.1, 0.15) is 5.69 Å². The number of H-pyrrole nitrogens is 1. The molecule has 0 bridgehead atoms. The Kier molecular flexibility index (Phi) is 7.91. The Labute approximate surface area is 171 Å². The lowest BCUT2D eigenvalue weighted by atomic mass is 10.2. The summed E-state index contributed by atoms with van der Waals surface area (Å²) < 4.78 is 15.8. The zero-order chi connectivity index (χ0) is 17.1. The highest BCUT2D eigenvalue weighted by atomic mass is 79.9. The Hall–Kier alpha value is -2.26. The highest BCUT2D eigenvalue weighted by molar-refractivity contribution is 8.93. The maximum atomic E-state index is 12.5. The number of carbonyl (C=O) groups is 1. The van der Waals surface area contributed by atoms with Crippen molar-refractivity contribution < 1.29 is 19.0 Å². The number of amides is 1. The van der Waals surface area contributed by atoms with E-state index in [9.17, 15) is 4.79 Å². The molecule has 0 aliphatic rings. The number of benzene rings is 1. The van der Waals surface area contributed by atoms with Gasteiger partial charge in [-0.1, -0.05) is 0 Å². The van der Waals surface area contributed by atoms with Gasteiger partial charge in [-0.15, -0.1) is 34.0 Å². The number of aromatic amines is 1. The first kappa shape index (κ1) is 21.8. The number of nitrogens with one attached hydrogen (secondary N) is 2.